The minimum atomic E-state index is 0.720. The van der Waals surface area contributed by atoms with E-state index >= 15 is 0 Å². The van der Waals surface area contributed by atoms with Crippen molar-refractivity contribution in [3.05, 3.63) is 113 Å². The number of rotatable bonds is 8. The van der Waals surface area contributed by atoms with Gasteiger partial charge in [0.2, 0.25) is 0 Å². The Hall–Kier alpha value is -3.66. The maximum Gasteiger partial charge on any atom is 0.137 e. The normalized spacial score (nSPS) is 14.3. The third-order valence-corrected chi connectivity index (χ3v) is 6.49. The SMILES string of the molecule is C\C=C/C(=C\C(C)=C\CC)c1ccc(CNc2ncnc(N3CCc4ccccc4C3)c2C)cc1. The molecule has 180 valence electrons. The molecule has 0 fully saturated rings. The van der Waals surface area contributed by atoms with Gasteiger partial charge in [0.25, 0.3) is 0 Å². The van der Waals surface area contributed by atoms with Crippen LogP contribution in [0.2, 0.25) is 0 Å². The number of anilines is 2. The standard InChI is InChI=1S/C31H36N4/c1-5-9-23(3)19-28(10-6-2)27-15-13-25(14-16-27)20-32-30-24(4)31(34-22-33-30)35-18-17-26-11-7-8-12-29(26)21-35/h6-16,19,22H,5,17-18,20-21H2,1-4H3,(H,32,33,34)/b10-6-,23-9+,28-19+. The monoisotopic (exact) mass is 464 g/mol. The first-order chi connectivity index (χ1) is 17.1. The van der Waals surface area contributed by atoms with E-state index in [4.69, 9.17) is 0 Å². The van der Waals surface area contributed by atoms with Crippen molar-refractivity contribution in [3.63, 3.8) is 0 Å². The number of aromatic nitrogens is 2. The van der Waals surface area contributed by atoms with E-state index in [9.17, 15) is 0 Å². The zero-order valence-corrected chi connectivity index (χ0v) is 21.4. The lowest BCUT2D eigenvalue weighted by molar-refractivity contribution is 0.716. The third kappa shape index (κ3) is 6.07. The summed E-state index contributed by atoms with van der Waals surface area (Å²) in [5.41, 5.74) is 8.90. The van der Waals surface area contributed by atoms with Gasteiger partial charge in [-0.1, -0.05) is 85.3 Å². The number of benzene rings is 2. The Kier molecular flexibility index (Phi) is 8.15. The Morgan fingerprint density at radius 1 is 1.06 bits per heavy atom. The molecule has 1 N–H and O–H groups in total. The minimum Gasteiger partial charge on any atom is -0.366 e. The maximum atomic E-state index is 4.63. The van der Waals surface area contributed by atoms with Crippen LogP contribution < -0.4 is 10.2 Å². The van der Waals surface area contributed by atoms with Crippen LogP contribution >= 0.6 is 0 Å². The molecular formula is C31H36N4. The summed E-state index contributed by atoms with van der Waals surface area (Å²) in [6.45, 7) is 11.1. The fraction of sp³-hybridized carbons (Fsp3) is 0.290. The van der Waals surface area contributed by atoms with Gasteiger partial charge in [0.05, 0.1) is 0 Å². The Labute approximate surface area is 210 Å². The van der Waals surface area contributed by atoms with Crippen molar-refractivity contribution < 1.29 is 0 Å². The zero-order valence-electron chi connectivity index (χ0n) is 21.4. The number of nitrogens with zero attached hydrogens (tertiary/aromatic N) is 3. The van der Waals surface area contributed by atoms with Crippen LogP contribution in [0, 0.1) is 6.92 Å². The van der Waals surface area contributed by atoms with Gasteiger partial charge < -0.3 is 10.2 Å². The largest absolute Gasteiger partial charge is 0.366 e. The fourth-order valence-corrected chi connectivity index (χ4v) is 4.65. The van der Waals surface area contributed by atoms with Crippen molar-refractivity contribution in [1.82, 2.24) is 9.97 Å². The van der Waals surface area contributed by atoms with E-state index in [0.717, 1.165) is 49.7 Å². The smallest absolute Gasteiger partial charge is 0.137 e. The molecule has 4 heteroatoms. The predicted octanol–water partition coefficient (Wildman–Crippen LogP) is 7.28. The van der Waals surface area contributed by atoms with Crippen molar-refractivity contribution in [2.45, 2.75) is 53.6 Å². The molecule has 2 heterocycles. The Balaban J connectivity index is 1.45. The van der Waals surface area contributed by atoms with Crippen LogP contribution in [0.1, 0.15) is 55.0 Å². The third-order valence-electron chi connectivity index (χ3n) is 6.49. The summed E-state index contributed by atoms with van der Waals surface area (Å²) in [6, 6.07) is 17.5. The fourth-order valence-electron chi connectivity index (χ4n) is 4.65. The molecule has 2 aromatic carbocycles. The molecular weight excluding hydrogens is 428 g/mol. The Morgan fingerprint density at radius 3 is 2.57 bits per heavy atom. The first-order valence-corrected chi connectivity index (χ1v) is 12.6. The molecule has 4 nitrogen and oxygen atoms in total. The van der Waals surface area contributed by atoms with Gasteiger partial charge in [0, 0.05) is 25.2 Å². The minimum absolute atomic E-state index is 0.720. The van der Waals surface area contributed by atoms with E-state index in [1.54, 1.807) is 6.33 Å². The lowest BCUT2D eigenvalue weighted by atomic mass is 10.00. The molecule has 1 aromatic heterocycles. The second-order valence-electron chi connectivity index (χ2n) is 9.12. The van der Waals surface area contributed by atoms with Gasteiger partial charge in [-0.25, -0.2) is 9.97 Å². The summed E-state index contributed by atoms with van der Waals surface area (Å²) in [7, 11) is 0. The van der Waals surface area contributed by atoms with Crippen LogP contribution in [0.5, 0.6) is 0 Å². The molecule has 4 rings (SSSR count). The molecule has 0 saturated carbocycles. The van der Waals surface area contributed by atoms with Gasteiger partial charge >= 0.3 is 0 Å². The number of fused-ring (bicyclic) bond motifs is 1. The van der Waals surface area contributed by atoms with Crippen LogP contribution in [-0.2, 0) is 19.5 Å². The Morgan fingerprint density at radius 2 is 1.83 bits per heavy atom. The van der Waals surface area contributed by atoms with E-state index in [2.05, 4.69) is 121 Å². The number of allylic oxidation sites excluding steroid dienone is 6. The quantitative estimate of drug-likeness (QED) is 0.356. The molecule has 0 atom stereocenters. The van der Waals surface area contributed by atoms with E-state index in [-0.39, 0.29) is 0 Å². The van der Waals surface area contributed by atoms with Crippen LogP contribution in [0.3, 0.4) is 0 Å². The van der Waals surface area contributed by atoms with Crippen molar-refractivity contribution in [1.29, 1.82) is 0 Å². The van der Waals surface area contributed by atoms with E-state index in [1.807, 2.05) is 0 Å². The molecule has 0 spiro atoms. The lowest BCUT2D eigenvalue weighted by Crippen LogP contribution is -2.31. The summed E-state index contributed by atoms with van der Waals surface area (Å²) in [4.78, 5) is 11.5. The summed E-state index contributed by atoms with van der Waals surface area (Å²) >= 11 is 0. The highest BCUT2D eigenvalue weighted by atomic mass is 15.2. The van der Waals surface area contributed by atoms with Gasteiger partial charge in [0.15, 0.2) is 0 Å². The molecule has 0 bridgehead atoms. The molecule has 0 radical (unpaired) electrons. The molecule has 0 amide bonds. The van der Waals surface area contributed by atoms with Gasteiger partial charge in [-0.3, -0.25) is 0 Å². The molecule has 3 aromatic rings. The van der Waals surface area contributed by atoms with Gasteiger partial charge in [-0.15, -0.1) is 0 Å². The number of hydrogen-bond acceptors (Lipinski definition) is 4. The topological polar surface area (TPSA) is 41.1 Å². The molecule has 0 aliphatic carbocycles. The van der Waals surface area contributed by atoms with Gasteiger partial charge in [-0.05, 0) is 61.4 Å². The van der Waals surface area contributed by atoms with Crippen molar-refractivity contribution in [2.75, 3.05) is 16.8 Å². The molecule has 1 aliphatic rings. The van der Waals surface area contributed by atoms with Crippen molar-refractivity contribution in [2.24, 2.45) is 0 Å². The number of hydrogen-bond donors (Lipinski definition) is 1. The zero-order chi connectivity index (χ0) is 24.6. The van der Waals surface area contributed by atoms with Crippen LogP contribution in [0.15, 0.2) is 84.7 Å². The summed E-state index contributed by atoms with van der Waals surface area (Å²) in [6.07, 6.45) is 12.5. The highest BCUT2D eigenvalue weighted by Gasteiger charge is 2.20. The molecule has 35 heavy (non-hydrogen) atoms. The van der Waals surface area contributed by atoms with Crippen LogP contribution in [0.4, 0.5) is 11.6 Å². The molecule has 0 saturated heterocycles. The van der Waals surface area contributed by atoms with E-state index < -0.39 is 0 Å². The number of nitrogens with one attached hydrogen (secondary N) is 1. The lowest BCUT2D eigenvalue weighted by Gasteiger charge is -2.31. The van der Waals surface area contributed by atoms with Gasteiger partial charge in [0.1, 0.15) is 18.0 Å². The van der Waals surface area contributed by atoms with Crippen molar-refractivity contribution >= 4 is 17.2 Å². The average Bonchev–Trinajstić information content (AvgIpc) is 2.88. The Bertz CT molecular complexity index is 1240. The summed E-state index contributed by atoms with van der Waals surface area (Å²) in [5.74, 6) is 1.91. The summed E-state index contributed by atoms with van der Waals surface area (Å²) in [5, 5.41) is 3.54. The highest BCUT2D eigenvalue weighted by Crippen LogP contribution is 2.28. The van der Waals surface area contributed by atoms with Crippen LogP contribution in [-0.4, -0.2) is 16.5 Å². The second kappa shape index (κ2) is 11.7. The first-order valence-electron chi connectivity index (χ1n) is 12.6. The van der Waals surface area contributed by atoms with Crippen molar-refractivity contribution in [3.8, 4) is 0 Å². The van der Waals surface area contributed by atoms with Gasteiger partial charge in [-0.2, -0.15) is 0 Å². The van der Waals surface area contributed by atoms with E-state index in [1.165, 1.54) is 33.4 Å². The molecule has 1 aliphatic heterocycles. The molecule has 0 unspecified atom stereocenters. The maximum absolute atomic E-state index is 4.63. The highest BCUT2D eigenvalue weighted by molar-refractivity contribution is 5.76. The first kappa shape index (κ1) is 24.5. The van der Waals surface area contributed by atoms with E-state index in [0.29, 0.717) is 0 Å². The average molecular weight is 465 g/mol. The summed E-state index contributed by atoms with van der Waals surface area (Å²) < 4.78 is 0. The predicted molar refractivity (Wildman–Crippen MR) is 149 cm³/mol. The van der Waals surface area contributed by atoms with Crippen LogP contribution in [0.25, 0.3) is 5.57 Å². The second-order valence-corrected chi connectivity index (χ2v) is 9.12.